The summed E-state index contributed by atoms with van der Waals surface area (Å²) >= 11 is 0. The van der Waals surface area contributed by atoms with E-state index >= 15 is 0 Å². The molecule has 2 aromatic carbocycles. The van der Waals surface area contributed by atoms with E-state index in [1.54, 1.807) is 69.3 Å². The van der Waals surface area contributed by atoms with Gasteiger partial charge in [0, 0.05) is 18.5 Å². The number of Topliss-reactive ketones (excluding diaryl/α,β-unsaturated/α-hetero) is 1. The van der Waals surface area contributed by atoms with Crippen LogP contribution in [-0.4, -0.2) is 41.6 Å². The first-order chi connectivity index (χ1) is 14.3. The second-order valence-electron chi connectivity index (χ2n) is 7.76. The van der Waals surface area contributed by atoms with Gasteiger partial charge in [0.05, 0.1) is 23.1 Å². The number of rotatable bonds is 8. The smallest absolute Gasteiger partial charge is 0.315 e. The second kappa shape index (κ2) is 8.61. The number of imide groups is 1. The van der Waals surface area contributed by atoms with Gasteiger partial charge in [0.25, 0.3) is 11.8 Å². The summed E-state index contributed by atoms with van der Waals surface area (Å²) in [4.78, 5) is 50.6. The standard InChI is InChI=1S/C24H25NO5/c1-4-30-23(29)24(2,3)17-13-11-16(12-14-17)20(26)10-7-15-25-21(27)18-8-5-6-9-19(18)22(25)28/h5-6,8-9,11-14H,4,7,10,15H2,1-3H3. The summed E-state index contributed by atoms with van der Waals surface area (Å²) in [5.41, 5.74) is 1.31. The first-order valence-corrected chi connectivity index (χ1v) is 10.0. The second-order valence-corrected chi connectivity index (χ2v) is 7.76. The quantitative estimate of drug-likeness (QED) is 0.378. The maximum atomic E-state index is 12.5. The Morgan fingerprint density at radius 1 is 0.933 bits per heavy atom. The summed E-state index contributed by atoms with van der Waals surface area (Å²) in [6, 6.07) is 13.6. The average molecular weight is 407 g/mol. The molecule has 1 heterocycles. The molecule has 0 bridgehead atoms. The lowest BCUT2D eigenvalue weighted by atomic mass is 9.84. The largest absolute Gasteiger partial charge is 0.465 e. The van der Waals surface area contributed by atoms with E-state index in [-0.39, 0.29) is 36.5 Å². The van der Waals surface area contributed by atoms with Gasteiger partial charge in [-0.3, -0.25) is 24.1 Å². The third-order valence-corrected chi connectivity index (χ3v) is 5.38. The van der Waals surface area contributed by atoms with Crippen molar-refractivity contribution in [1.29, 1.82) is 0 Å². The Hall–Kier alpha value is -3.28. The number of fused-ring (bicyclic) bond motifs is 1. The van der Waals surface area contributed by atoms with Gasteiger partial charge in [-0.1, -0.05) is 36.4 Å². The third kappa shape index (κ3) is 4.03. The van der Waals surface area contributed by atoms with Crippen LogP contribution in [0.15, 0.2) is 48.5 Å². The molecule has 2 aromatic rings. The summed E-state index contributed by atoms with van der Waals surface area (Å²) in [5, 5.41) is 0. The molecule has 0 aliphatic carbocycles. The summed E-state index contributed by atoms with van der Waals surface area (Å²) in [6.45, 7) is 5.84. The Kier molecular flexibility index (Phi) is 6.15. The maximum Gasteiger partial charge on any atom is 0.315 e. The Morgan fingerprint density at radius 3 is 2.03 bits per heavy atom. The Morgan fingerprint density at radius 2 is 1.50 bits per heavy atom. The van der Waals surface area contributed by atoms with Crippen LogP contribution in [0.2, 0.25) is 0 Å². The van der Waals surface area contributed by atoms with Crippen LogP contribution in [0.3, 0.4) is 0 Å². The van der Waals surface area contributed by atoms with Crippen molar-refractivity contribution in [3.63, 3.8) is 0 Å². The number of benzene rings is 2. The minimum absolute atomic E-state index is 0.0768. The zero-order valence-corrected chi connectivity index (χ0v) is 17.4. The van der Waals surface area contributed by atoms with Crippen LogP contribution in [0.4, 0.5) is 0 Å². The van der Waals surface area contributed by atoms with Gasteiger partial charge in [0.2, 0.25) is 0 Å². The Labute approximate surface area is 175 Å². The Balaban J connectivity index is 1.58. The fraction of sp³-hybridized carbons (Fsp3) is 0.333. The number of hydrogen-bond acceptors (Lipinski definition) is 5. The number of esters is 1. The number of nitrogens with zero attached hydrogens (tertiary/aromatic N) is 1. The SMILES string of the molecule is CCOC(=O)C(C)(C)c1ccc(C(=O)CCCN2C(=O)c3ccccc3C2=O)cc1. The van der Waals surface area contributed by atoms with Crippen molar-refractivity contribution in [1.82, 2.24) is 4.90 Å². The van der Waals surface area contributed by atoms with Crippen molar-refractivity contribution in [2.75, 3.05) is 13.2 Å². The number of ether oxygens (including phenoxy) is 1. The van der Waals surface area contributed by atoms with Gasteiger partial charge in [-0.15, -0.1) is 0 Å². The van der Waals surface area contributed by atoms with Crippen LogP contribution in [0, 0.1) is 0 Å². The number of carbonyl (C=O) groups is 4. The van der Waals surface area contributed by atoms with Gasteiger partial charge in [-0.2, -0.15) is 0 Å². The molecule has 30 heavy (non-hydrogen) atoms. The number of amides is 2. The maximum absolute atomic E-state index is 12.5. The molecule has 0 saturated carbocycles. The fourth-order valence-electron chi connectivity index (χ4n) is 3.49. The van der Waals surface area contributed by atoms with Crippen molar-refractivity contribution in [3.05, 3.63) is 70.8 Å². The van der Waals surface area contributed by atoms with Crippen LogP contribution in [0.5, 0.6) is 0 Å². The summed E-state index contributed by atoms with van der Waals surface area (Å²) in [5.74, 6) is -1.01. The van der Waals surface area contributed by atoms with Crippen LogP contribution in [0.1, 0.15) is 70.3 Å². The van der Waals surface area contributed by atoms with Crippen LogP contribution in [0.25, 0.3) is 0 Å². The van der Waals surface area contributed by atoms with Crippen LogP contribution < -0.4 is 0 Å². The molecule has 6 heteroatoms. The van der Waals surface area contributed by atoms with Gasteiger partial charge in [-0.25, -0.2) is 0 Å². The molecule has 0 spiro atoms. The topological polar surface area (TPSA) is 80.8 Å². The normalized spacial score (nSPS) is 13.4. The molecule has 0 saturated heterocycles. The molecule has 0 fully saturated rings. The minimum Gasteiger partial charge on any atom is -0.465 e. The van der Waals surface area contributed by atoms with Crippen molar-refractivity contribution in [2.24, 2.45) is 0 Å². The predicted molar refractivity (Wildman–Crippen MR) is 111 cm³/mol. The van der Waals surface area contributed by atoms with E-state index in [0.717, 1.165) is 5.56 Å². The molecule has 0 radical (unpaired) electrons. The van der Waals surface area contributed by atoms with E-state index in [2.05, 4.69) is 0 Å². The first kappa shape index (κ1) is 21.4. The summed E-state index contributed by atoms with van der Waals surface area (Å²) in [7, 11) is 0. The molecule has 1 aliphatic heterocycles. The molecular weight excluding hydrogens is 382 g/mol. The molecule has 2 amide bonds. The highest BCUT2D eigenvalue weighted by atomic mass is 16.5. The first-order valence-electron chi connectivity index (χ1n) is 10.0. The van der Waals surface area contributed by atoms with Crippen molar-refractivity contribution in [3.8, 4) is 0 Å². The van der Waals surface area contributed by atoms with Crippen LogP contribution >= 0.6 is 0 Å². The van der Waals surface area contributed by atoms with E-state index in [1.807, 2.05) is 0 Å². The highest BCUT2D eigenvalue weighted by Crippen LogP contribution is 2.26. The molecule has 0 N–H and O–H groups in total. The van der Waals surface area contributed by atoms with Gasteiger partial charge in [0.15, 0.2) is 5.78 Å². The molecule has 6 nitrogen and oxygen atoms in total. The lowest BCUT2D eigenvalue weighted by Gasteiger charge is -2.23. The number of carbonyl (C=O) groups excluding carboxylic acids is 4. The van der Waals surface area contributed by atoms with Crippen molar-refractivity contribution >= 4 is 23.6 Å². The third-order valence-electron chi connectivity index (χ3n) is 5.38. The lowest BCUT2D eigenvalue weighted by Crippen LogP contribution is -2.31. The zero-order valence-electron chi connectivity index (χ0n) is 17.4. The minimum atomic E-state index is -0.803. The van der Waals surface area contributed by atoms with E-state index in [9.17, 15) is 19.2 Å². The predicted octanol–water partition coefficient (Wildman–Crippen LogP) is 3.79. The van der Waals surface area contributed by atoms with E-state index in [1.165, 1.54) is 4.90 Å². The number of ketones is 1. The lowest BCUT2D eigenvalue weighted by molar-refractivity contribution is -0.148. The average Bonchev–Trinajstić information content (AvgIpc) is 2.99. The van der Waals surface area contributed by atoms with Gasteiger partial charge in [-0.05, 0) is 44.9 Å². The molecule has 156 valence electrons. The van der Waals surface area contributed by atoms with Crippen molar-refractivity contribution < 1.29 is 23.9 Å². The van der Waals surface area contributed by atoms with Crippen LogP contribution in [-0.2, 0) is 14.9 Å². The number of hydrogen-bond donors (Lipinski definition) is 0. The molecule has 3 rings (SSSR count). The zero-order chi connectivity index (χ0) is 21.9. The van der Waals surface area contributed by atoms with Gasteiger partial charge < -0.3 is 4.74 Å². The molecule has 0 unspecified atom stereocenters. The monoisotopic (exact) mass is 407 g/mol. The Bertz CT molecular complexity index is 956. The summed E-state index contributed by atoms with van der Waals surface area (Å²) in [6.07, 6.45) is 0.606. The van der Waals surface area contributed by atoms with Gasteiger partial charge >= 0.3 is 5.97 Å². The van der Waals surface area contributed by atoms with Gasteiger partial charge in [0.1, 0.15) is 0 Å². The molecule has 0 aromatic heterocycles. The van der Waals surface area contributed by atoms with E-state index in [4.69, 9.17) is 4.74 Å². The highest BCUT2D eigenvalue weighted by Gasteiger charge is 2.34. The molecule has 0 atom stereocenters. The fourth-order valence-corrected chi connectivity index (χ4v) is 3.49. The van der Waals surface area contributed by atoms with E-state index < -0.39 is 5.41 Å². The van der Waals surface area contributed by atoms with E-state index in [0.29, 0.717) is 29.7 Å². The molecular formula is C24H25NO5. The van der Waals surface area contributed by atoms with Crippen molar-refractivity contribution in [2.45, 2.75) is 39.0 Å². The highest BCUT2D eigenvalue weighted by molar-refractivity contribution is 6.21. The summed E-state index contributed by atoms with van der Waals surface area (Å²) < 4.78 is 5.12. The molecule has 1 aliphatic rings.